The molecule has 0 bridgehead atoms. The van der Waals surface area contributed by atoms with E-state index in [1.54, 1.807) is 6.07 Å². The summed E-state index contributed by atoms with van der Waals surface area (Å²) in [7, 11) is 0. The fourth-order valence-corrected chi connectivity index (χ4v) is 2.65. The zero-order valence-corrected chi connectivity index (χ0v) is 12.1. The van der Waals surface area contributed by atoms with E-state index in [4.69, 9.17) is 5.84 Å². The van der Waals surface area contributed by atoms with Gasteiger partial charge in [-0.2, -0.15) is 0 Å². The molecule has 4 heteroatoms. The SMILES string of the molecule is Cc1ccc(C(NN)c2ccc(F)cc2I)cc1. The third-order valence-corrected chi connectivity index (χ3v) is 3.79. The minimum atomic E-state index is -0.233. The van der Waals surface area contributed by atoms with Crippen LogP contribution < -0.4 is 11.3 Å². The zero-order chi connectivity index (χ0) is 13.1. The fourth-order valence-electron chi connectivity index (χ4n) is 1.86. The Hall–Kier alpha value is -0.980. The highest BCUT2D eigenvalue weighted by molar-refractivity contribution is 14.1. The summed E-state index contributed by atoms with van der Waals surface area (Å²) in [6.45, 7) is 2.04. The molecule has 0 saturated carbocycles. The van der Waals surface area contributed by atoms with Crippen LogP contribution in [0.2, 0.25) is 0 Å². The van der Waals surface area contributed by atoms with E-state index in [0.29, 0.717) is 0 Å². The third-order valence-electron chi connectivity index (χ3n) is 2.85. The van der Waals surface area contributed by atoms with Crippen LogP contribution in [0.1, 0.15) is 22.7 Å². The highest BCUT2D eigenvalue weighted by atomic mass is 127. The Kier molecular flexibility index (Phi) is 4.31. The standard InChI is InChI=1S/C14H14FIN2/c1-9-2-4-10(5-3-9)14(18-17)12-7-6-11(15)8-13(12)16/h2-8,14,18H,17H2,1H3. The van der Waals surface area contributed by atoms with Crippen molar-refractivity contribution in [3.63, 3.8) is 0 Å². The van der Waals surface area contributed by atoms with Crippen LogP contribution in [0, 0.1) is 16.3 Å². The number of halogens is 2. The van der Waals surface area contributed by atoms with E-state index in [0.717, 1.165) is 14.7 Å². The minimum absolute atomic E-state index is 0.127. The number of aryl methyl sites for hydroxylation is 1. The molecule has 0 aliphatic carbocycles. The van der Waals surface area contributed by atoms with Crippen molar-refractivity contribution in [2.45, 2.75) is 13.0 Å². The van der Waals surface area contributed by atoms with Gasteiger partial charge in [0.25, 0.3) is 0 Å². The molecule has 0 spiro atoms. The summed E-state index contributed by atoms with van der Waals surface area (Å²) in [6.07, 6.45) is 0. The first-order valence-corrected chi connectivity index (χ1v) is 6.67. The van der Waals surface area contributed by atoms with Gasteiger partial charge in [-0.05, 0) is 52.8 Å². The van der Waals surface area contributed by atoms with Crippen molar-refractivity contribution in [1.82, 2.24) is 5.43 Å². The van der Waals surface area contributed by atoms with Gasteiger partial charge in [0, 0.05) is 3.57 Å². The second-order valence-corrected chi connectivity index (χ2v) is 5.34. The molecule has 2 nitrogen and oxygen atoms in total. The molecule has 2 aromatic carbocycles. The summed E-state index contributed by atoms with van der Waals surface area (Å²) in [5.74, 6) is 5.40. The molecule has 0 aliphatic rings. The molecule has 0 saturated heterocycles. The van der Waals surface area contributed by atoms with E-state index in [2.05, 4.69) is 28.0 Å². The monoisotopic (exact) mass is 356 g/mol. The van der Waals surface area contributed by atoms with Crippen molar-refractivity contribution in [3.05, 3.63) is 68.5 Å². The lowest BCUT2D eigenvalue weighted by atomic mass is 9.98. The van der Waals surface area contributed by atoms with Gasteiger partial charge in [-0.25, -0.2) is 9.82 Å². The molecule has 2 rings (SSSR count). The molecular weight excluding hydrogens is 342 g/mol. The minimum Gasteiger partial charge on any atom is -0.271 e. The van der Waals surface area contributed by atoms with Crippen molar-refractivity contribution in [2.24, 2.45) is 5.84 Å². The zero-order valence-electron chi connectivity index (χ0n) is 9.95. The molecule has 0 radical (unpaired) electrons. The predicted octanol–water partition coefficient (Wildman–Crippen LogP) is 3.29. The summed E-state index contributed by atoms with van der Waals surface area (Å²) < 4.78 is 14.0. The summed E-state index contributed by atoms with van der Waals surface area (Å²) in [5, 5.41) is 0. The van der Waals surface area contributed by atoms with Gasteiger partial charge in [0.1, 0.15) is 5.82 Å². The Labute approximate surface area is 120 Å². The van der Waals surface area contributed by atoms with Crippen molar-refractivity contribution in [3.8, 4) is 0 Å². The largest absolute Gasteiger partial charge is 0.271 e. The first-order valence-electron chi connectivity index (χ1n) is 5.59. The second kappa shape index (κ2) is 5.77. The smallest absolute Gasteiger partial charge is 0.124 e. The molecule has 18 heavy (non-hydrogen) atoms. The lowest BCUT2D eigenvalue weighted by Gasteiger charge is -2.18. The molecular formula is C14H14FIN2. The number of benzene rings is 2. The number of hydrogen-bond acceptors (Lipinski definition) is 2. The maximum absolute atomic E-state index is 13.1. The maximum atomic E-state index is 13.1. The first kappa shape index (κ1) is 13.5. The second-order valence-electron chi connectivity index (χ2n) is 4.18. The van der Waals surface area contributed by atoms with Gasteiger partial charge in [-0.1, -0.05) is 35.9 Å². The Balaban J connectivity index is 2.41. The lowest BCUT2D eigenvalue weighted by Crippen LogP contribution is -2.29. The van der Waals surface area contributed by atoms with Gasteiger partial charge in [0.15, 0.2) is 0 Å². The normalized spacial score (nSPS) is 12.4. The summed E-state index contributed by atoms with van der Waals surface area (Å²) in [4.78, 5) is 0. The molecule has 0 aliphatic heterocycles. The third kappa shape index (κ3) is 2.88. The molecule has 0 aromatic heterocycles. The molecule has 1 atom stereocenters. The molecule has 0 fully saturated rings. The van der Waals surface area contributed by atoms with Crippen LogP contribution in [0.15, 0.2) is 42.5 Å². The Morgan fingerprint density at radius 1 is 1.17 bits per heavy atom. The van der Waals surface area contributed by atoms with Crippen LogP contribution in [-0.4, -0.2) is 0 Å². The van der Waals surface area contributed by atoms with Crippen molar-refractivity contribution in [2.75, 3.05) is 0 Å². The molecule has 3 N–H and O–H groups in total. The van der Waals surface area contributed by atoms with E-state index in [1.165, 1.54) is 17.7 Å². The van der Waals surface area contributed by atoms with Gasteiger partial charge in [-0.15, -0.1) is 0 Å². The van der Waals surface area contributed by atoms with Crippen LogP contribution in [0.25, 0.3) is 0 Å². The van der Waals surface area contributed by atoms with Gasteiger partial charge in [0.05, 0.1) is 6.04 Å². The van der Waals surface area contributed by atoms with Crippen LogP contribution in [0.3, 0.4) is 0 Å². The maximum Gasteiger partial charge on any atom is 0.124 e. The molecule has 1 unspecified atom stereocenters. The van der Waals surface area contributed by atoms with E-state index >= 15 is 0 Å². The Morgan fingerprint density at radius 2 is 1.83 bits per heavy atom. The van der Waals surface area contributed by atoms with E-state index < -0.39 is 0 Å². The lowest BCUT2D eigenvalue weighted by molar-refractivity contribution is 0.612. The van der Waals surface area contributed by atoms with E-state index in [1.807, 2.05) is 31.2 Å². The number of nitrogens with one attached hydrogen (secondary N) is 1. The van der Waals surface area contributed by atoms with E-state index in [-0.39, 0.29) is 11.9 Å². The average Bonchev–Trinajstić information content (AvgIpc) is 2.35. The first-order chi connectivity index (χ1) is 8.61. The average molecular weight is 356 g/mol. The number of hydrazine groups is 1. The van der Waals surface area contributed by atoms with Crippen molar-refractivity contribution in [1.29, 1.82) is 0 Å². The van der Waals surface area contributed by atoms with Crippen LogP contribution >= 0.6 is 22.6 Å². The molecule has 0 amide bonds. The van der Waals surface area contributed by atoms with Gasteiger partial charge < -0.3 is 0 Å². The van der Waals surface area contributed by atoms with Gasteiger partial charge >= 0.3 is 0 Å². The molecule has 0 heterocycles. The van der Waals surface area contributed by atoms with Crippen molar-refractivity contribution >= 4 is 22.6 Å². The van der Waals surface area contributed by atoms with Gasteiger partial charge in [0.2, 0.25) is 0 Å². The highest BCUT2D eigenvalue weighted by Crippen LogP contribution is 2.26. The topological polar surface area (TPSA) is 38.0 Å². The summed E-state index contributed by atoms with van der Waals surface area (Å²) in [6, 6.07) is 12.7. The highest BCUT2D eigenvalue weighted by Gasteiger charge is 2.15. The van der Waals surface area contributed by atoms with Crippen LogP contribution in [0.5, 0.6) is 0 Å². The fraction of sp³-hybridized carbons (Fsp3) is 0.143. The number of hydrogen-bond donors (Lipinski definition) is 2. The van der Waals surface area contributed by atoms with E-state index in [9.17, 15) is 4.39 Å². The number of rotatable bonds is 3. The van der Waals surface area contributed by atoms with Crippen molar-refractivity contribution < 1.29 is 4.39 Å². The Bertz CT molecular complexity index is 540. The summed E-state index contributed by atoms with van der Waals surface area (Å²) in [5.41, 5.74) is 6.02. The van der Waals surface area contributed by atoms with Crippen LogP contribution in [0.4, 0.5) is 4.39 Å². The quantitative estimate of drug-likeness (QED) is 0.503. The summed E-state index contributed by atoms with van der Waals surface area (Å²) >= 11 is 2.12. The van der Waals surface area contributed by atoms with Crippen LogP contribution in [-0.2, 0) is 0 Å². The molecule has 94 valence electrons. The Morgan fingerprint density at radius 3 is 2.39 bits per heavy atom. The predicted molar refractivity (Wildman–Crippen MR) is 79.5 cm³/mol. The number of nitrogens with two attached hydrogens (primary N) is 1. The van der Waals surface area contributed by atoms with Gasteiger partial charge in [-0.3, -0.25) is 5.84 Å². The molecule has 2 aromatic rings.